The first kappa shape index (κ1) is 22.6. The van der Waals surface area contributed by atoms with E-state index in [0.29, 0.717) is 5.02 Å². The van der Waals surface area contributed by atoms with Gasteiger partial charge in [-0.2, -0.15) is 0 Å². The second-order valence-electron chi connectivity index (χ2n) is 6.02. The number of pyridine rings is 1. The van der Waals surface area contributed by atoms with Gasteiger partial charge in [0.05, 0.1) is 9.92 Å². The molecular weight excluding hydrogens is 473 g/mol. The monoisotopic (exact) mass is 486 g/mol. The first-order chi connectivity index (χ1) is 14.2. The Morgan fingerprint density at radius 3 is 2.43 bits per heavy atom. The highest BCUT2D eigenvalue weighted by atomic mass is 35.5. The quantitative estimate of drug-likeness (QED) is 0.389. The normalized spacial score (nSPS) is 12.4. The molecule has 0 aliphatic rings. The van der Waals surface area contributed by atoms with Gasteiger partial charge >= 0.3 is 0 Å². The van der Waals surface area contributed by atoms with Crippen molar-refractivity contribution in [2.24, 2.45) is 0 Å². The molecule has 1 heterocycles. The Bertz CT molecular complexity index is 1190. The maximum Gasteiger partial charge on any atom is 0.189 e. The highest BCUT2D eigenvalue weighted by Gasteiger charge is 2.35. The molecule has 10 heteroatoms. The van der Waals surface area contributed by atoms with Crippen molar-refractivity contribution in [3.05, 3.63) is 99.5 Å². The Hall–Kier alpha value is -2.13. The first-order valence-electron chi connectivity index (χ1n) is 8.36. The summed E-state index contributed by atoms with van der Waals surface area (Å²) < 4.78 is 58.6. The van der Waals surface area contributed by atoms with E-state index in [1.807, 2.05) is 0 Å². The van der Waals surface area contributed by atoms with Crippen LogP contribution in [0.2, 0.25) is 10.0 Å². The molecule has 1 N–H and O–H groups in total. The summed E-state index contributed by atoms with van der Waals surface area (Å²) in [6.45, 7) is 3.55. The molecule has 156 valence electrons. The lowest BCUT2D eigenvalue weighted by atomic mass is 10.0. The van der Waals surface area contributed by atoms with Gasteiger partial charge in [0.25, 0.3) is 0 Å². The zero-order valence-electron chi connectivity index (χ0n) is 15.2. The van der Waals surface area contributed by atoms with Crippen LogP contribution >= 0.6 is 35.1 Å². The van der Waals surface area contributed by atoms with E-state index in [0.717, 1.165) is 30.1 Å². The summed E-state index contributed by atoms with van der Waals surface area (Å²) >= 11 is 13.2. The van der Waals surface area contributed by atoms with Crippen LogP contribution in [0.15, 0.2) is 71.6 Å². The number of rotatable bonds is 7. The van der Waals surface area contributed by atoms with Crippen molar-refractivity contribution in [1.82, 2.24) is 4.98 Å². The van der Waals surface area contributed by atoms with E-state index < -0.39 is 26.7 Å². The van der Waals surface area contributed by atoms with Crippen molar-refractivity contribution in [3.63, 3.8) is 0 Å². The van der Waals surface area contributed by atoms with Crippen molar-refractivity contribution in [1.29, 1.82) is 0 Å². The molecule has 1 aromatic heterocycles. The van der Waals surface area contributed by atoms with Crippen molar-refractivity contribution in [2.45, 2.75) is 10.1 Å². The molecule has 0 saturated heterocycles. The minimum Gasteiger partial charge on any atom is -0.311 e. The smallest absolute Gasteiger partial charge is 0.189 e. The summed E-state index contributed by atoms with van der Waals surface area (Å²) in [5.41, 5.74) is -0.335. The van der Waals surface area contributed by atoms with Gasteiger partial charge in [0, 0.05) is 16.8 Å². The number of nitrogens with one attached hydrogen (secondary N) is 1. The topological polar surface area (TPSA) is 59.1 Å². The van der Waals surface area contributed by atoms with Gasteiger partial charge in [0.15, 0.2) is 9.84 Å². The van der Waals surface area contributed by atoms with Gasteiger partial charge in [-0.1, -0.05) is 29.8 Å². The lowest BCUT2D eigenvalue weighted by Gasteiger charge is -2.21. The molecule has 4 nitrogen and oxygen atoms in total. The Morgan fingerprint density at radius 1 is 1.07 bits per heavy atom. The maximum atomic E-state index is 14.7. The molecule has 1 unspecified atom stereocenters. The van der Waals surface area contributed by atoms with Crippen molar-refractivity contribution >= 4 is 50.8 Å². The SMILES string of the molecule is C=CSNc1cc(C(c2cc(F)ccc2F)S(=O)(=O)c2ccc(Cl)cc2)c(Cl)cn1. The van der Waals surface area contributed by atoms with Gasteiger partial charge in [0.1, 0.15) is 22.7 Å². The fourth-order valence-electron chi connectivity index (χ4n) is 2.79. The summed E-state index contributed by atoms with van der Waals surface area (Å²) in [5, 5.41) is 0.191. The van der Waals surface area contributed by atoms with E-state index in [2.05, 4.69) is 16.3 Å². The maximum absolute atomic E-state index is 14.7. The molecule has 0 aliphatic carbocycles. The molecule has 0 amide bonds. The number of nitrogens with zero attached hydrogens (tertiary/aromatic N) is 1. The third-order valence-electron chi connectivity index (χ3n) is 4.11. The van der Waals surface area contributed by atoms with Gasteiger partial charge in [-0.15, -0.1) is 0 Å². The largest absolute Gasteiger partial charge is 0.311 e. The molecule has 0 aliphatic heterocycles. The van der Waals surface area contributed by atoms with Crippen LogP contribution < -0.4 is 4.72 Å². The van der Waals surface area contributed by atoms with E-state index in [-0.39, 0.29) is 26.9 Å². The average molecular weight is 487 g/mol. The van der Waals surface area contributed by atoms with Crippen LogP contribution in [-0.2, 0) is 9.84 Å². The zero-order valence-corrected chi connectivity index (χ0v) is 18.3. The van der Waals surface area contributed by atoms with Crippen LogP contribution in [0.5, 0.6) is 0 Å². The first-order valence-corrected chi connectivity index (χ1v) is 11.5. The van der Waals surface area contributed by atoms with Crippen LogP contribution in [-0.4, -0.2) is 13.4 Å². The average Bonchev–Trinajstić information content (AvgIpc) is 2.71. The summed E-state index contributed by atoms with van der Waals surface area (Å²) in [6.07, 6.45) is 1.24. The van der Waals surface area contributed by atoms with Gasteiger partial charge in [-0.3, -0.25) is 0 Å². The minimum atomic E-state index is -4.26. The standard InChI is InChI=1S/C20H14Cl2F2N2O2S2/c1-2-29-26-19-10-15(17(22)11-25-19)20(16-9-13(23)5-8-18(16)24)30(27,28)14-6-3-12(21)4-7-14/h2-11,20H,1H2,(H,25,26). The van der Waals surface area contributed by atoms with Crippen molar-refractivity contribution in [3.8, 4) is 0 Å². The van der Waals surface area contributed by atoms with Gasteiger partial charge in [-0.25, -0.2) is 22.2 Å². The predicted molar refractivity (Wildman–Crippen MR) is 117 cm³/mol. The molecule has 30 heavy (non-hydrogen) atoms. The highest BCUT2D eigenvalue weighted by Crippen LogP contribution is 2.40. The number of halogens is 4. The second kappa shape index (κ2) is 9.34. The fourth-order valence-corrected chi connectivity index (χ4v) is 5.34. The van der Waals surface area contributed by atoms with Gasteiger partial charge in [0.2, 0.25) is 0 Å². The van der Waals surface area contributed by atoms with Crippen LogP contribution in [0, 0.1) is 11.6 Å². The molecule has 0 fully saturated rings. The summed E-state index contributed by atoms with van der Waals surface area (Å²) in [7, 11) is -4.26. The number of sulfone groups is 1. The Labute approximate surface area is 187 Å². The predicted octanol–water partition coefficient (Wildman–Crippen LogP) is 6.43. The Morgan fingerprint density at radius 2 is 1.77 bits per heavy atom. The number of hydrogen-bond acceptors (Lipinski definition) is 5. The molecular formula is C20H14Cl2F2N2O2S2. The van der Waals surface area contributed by atoms with E-state index in [1.165, 1.54) is 41.9 Å². The van der Waals surface area contributed by atoms with E-state index in [1.54, 1.807) is 0 Å². The Kier molecular flexibility index (Phi) is 7.02. The molecule has 0 saturated carbocycles. The lowest BCUT2D eigenvalue weighted by Crippen LogP contribution is -2.18. The molecule has 3 rings (SSSR count). The lowest BCUT2D eigenvalue weighted by molar-refractivity contribution is 0.569. The highest BCUT2D eigenvalue weighted by molar-refractivity contribution is 8.03. The summed E-state index contributed by atoms with van der Waals surface area (Å²) in [4.78, 5) is 3.95. The third kappa shape index (κ3) is 4.78. The number of benzene rings is 2. The van der Waals surface area contributed by atoms with Crippen molar-refractivity contribution < 1.29 is 17.2 Å². The van der Waals surface area contributed by atoms with E-state index in [9.17, 15) is 17.2 Å². The summed E-state index contributed by atoms with van der Waals surface area (Å²) in [6, 6.07) is 9.39. The number of hydrogen-bond donors (Lipinski definition) is 1. The fraction of sp³-hybridized carbons (Fsp3) is 0.0500. The van der Waals surface area contributed by atoms with E-state index >= 15 is 0 Å². The van der Waals surface area contributed by atoms with Crippen LogP contribution in [0.1, 0.15) is 16.4 Å². The van der Waals surface area contributed by atoms with Gasteiger partial charge in [-0.05, 0) is 71.5 Å². The molecule has 0 radical (unpaired) electrons. The molecule has 2 aromatic carbocycles. The van der Waals surface area contributed by atoms with Gasteiger partial charge < -0.3 is 4.72 Å². The van der Waals surface area contributed by atoms with Crippen LogP contribution in [0.3, 0.4) is 0 Å². The van der Waals surface area contributed by atoms with E-state index in [4.69, 9.17) is 23.2 Å². The molecule has 0 spiro atoms. The second-order valence-corrected chi connectivity index (χ2v) is 9.67. The molecule has 3 aromatic rings. The Balaban J connectivity index is 2.27. The van der Waals surface area contributed by atoms with Crippen LogP contribution in [0.25, 0.3) is 0 Å². The molecule has 0 bridgehead atoms. The molecule has 1 atom stereocenters. The van der Waals surface area contributed by atoms with Crippen LogP contribution in [0.4, 0.5) is 14.6 Å². The minimum absolute atomic E-state index is 0.0182. The number of anilines is 1. The third-order valence-corrected chi connectivity index (χ3v) is 7.23. The zero-order chi connectivity index (χ0) is 21.9. The summed E-state index contributed by atoms with van der Waals surface area (Å²) in [5.74, 6) is -1.40. The number of aromatic nitrogens is 1. The van der Waals surface area contributed by atoms with Crippen molar-refractivity contribution in [2.75, 3.05) is 4.72 Å².